The largest absolute Gasteiger partial charge is 0.416 e. The number of rotatable bonds is 8. The fourth-order valence-corrected chi connectivity index (χ4v) is 6.68. The van der Waals surface area contributed by atoms with Gasteiger partial charge in [-0.3, -0.25) is 9.69 Å². The second-order valence-electron chi connectivity index (χ2n) is 11.7. The number of piperazine rings is 1. The highest BCUT2D eigenvalue weighted by atomic mass is 19.4. The zero-order valence-electron chi connectivity index (χ0n) is 24.4. The molecule has 4 aromatic rings. The Hall–Kier alpha value is -4.12. The van der Waals surface area contributed by atoms with E-state index in [0.29, 0.717) is 42.7 Å². The maximum Gasteiger partial charge on any atom is 0.416 e. The number of unbranched alkanes of at least 4 members (excludes halogenated alkanes) is 1. The van der Waals surface area contributed by atoms with E-state index in [2.05, 4.69) is 20.1 Å². The number of carbonyl (C=O) groups is 1. The lowest BCUT2D eigenvalue weighted by Crippen LogP contribution is -2.48. The fraction of sp³-hybridized carbons (Fsp3) is 0.353. The van der Waals surface area contributed by atoms with E-state index in [0.717, 1.165) is 60.4 Å². The molecule has 1 saturated heterocycles. The number of pyridine rings is 1. The SMILES string of the molecule is O=C(NCC(F)(F)F)C1(CCCCN2CCN(c3ccc4cc(C(F)(F)F)ccc4n3)CC2)c2ccccc2-c2ccccc21. The summed E-state index contributed by atoms with van der Waals surface area (Å²) < 4.78 is 78.6. The second kappa shape index (κ2) is 12.0. The van der Waals surface area contributed by atoms with Crippen molar-refractivity contribution >= 4 is 22.6 Å². The number of benzene rings is 3. The van der Waals surface area contributed by atoms with E-state index in [1.54, 1.807) is 12.1 Å². The Morgan fingerprint density at radius 1 is 0.800 bits per heavy atom. The van der Waals surface area contributed by atoms with E-state index in [1.165, 1.54) is 6.07 Å². The highest BCUT2D eigenvalue weighted by Gasteiger charge is 2.49. The highest BCUT2D eigenvalue weighted by Crippen LogP contribution is 2.51. The molecule has 0 radical (unpaired) electrons. The van der Waals surface area contributed by atoms with Gasteiger partial charge in [-0.1, -0.05) is 55.0 Å². The third-order valence-corrected chi connectivity index (χ3v) is 8.88. The summed E-state index contributed by atoms with van der Waals surface area (Å²) in [5.41, 5.74) is 1.80. The van der Waals surface area contributed by atoms with Gasteiger partial charge < -0.3 is 10.2 Å². The standard InChI is InChI=1S/C34H32F6N4O/c35-33(36,37)22-41-31(45)32(27-9-3-1-7-25(27)26-8-2-4-10-28(26)32)15-5-6-16-43-17-19-44(20-18-43)30-14-11-23-21-24(34(38,39)40)12-13-29(23)42-30/h1-4,7-14,21H,5-6,15-20,22H2,(H,41,45). The minimum atomic E-state index is -4.52. The van der Waals surface area contributed by atoms with Crippen LogP contribution < -0.4 is 10.2 Å². The number of alkyl halides is 6. The summed E-state index contributed by atoms with van der Waals surface area (Å²) in [5.74, 6) is 0.0793. The summed E-state index contributed by atoms with van der Waals surface area (Å²) in [6.07, 6.45) is -7.16. The molecule has 3 aromatic carbocycles. The molecule has 2 aliphatic rings. The van der Waals surface area contributed by atoms with Crippen molar-refractivity contribution in [1.82, 2.24) is 15.2 Å². The van der Waals surface area contributed by atoms with Crippen LogP contribution >= 0.6 is 0 Å². The average Bonchev–Trinajstić information content (AvgIpc) is 3.31. The first-order chi connectivity index (χ1) is 21.5. The Morgan fingerprint density at radius 2 is 1.44 bits per heavy atom. The number of hydrogen-bond acceptors (Lipinski definition) is 4. The summed E-state index contributed by atoms with van der Waals surface area (Å²) in [5, 5.41) is 2.62. The van der Waals surface area contributed by atoms with Crippen molar-refractivity contribution < 1.29 is 31.1 Å². The Morgan fingerprint density at radius 3 is 2.07 bits per heavy atom. The minimum absolute atomic E-state index is 0.377. The molecule has 0 spiro atoms. The lowest BCUT2D eigenvalue weighted by atomic mass is 9.73. The maximum atomic E-state index is 13.7. The number of nitrogens with one attached hydrogen (secondary N) is 1. The van der Waals surface area contributed by atoms with Gasteiger partial charge in [-0.15, -0.1) is 0 Å². The zero-order chi connectivity index (χ0) is 31.8. The molecule has 0 saturated carbocycles. The Labute approximate surface area is 256 Å². The average molecular weight is 627 g/mol. The Balaban J connectivity index is 1.09. The number of hydrogen-bond donors (Lipinski definition) is 1. The van der Waals surface area contributed by atoms with Gasteiger partial charge in [0.1, 0.15) is 17.8 Å². The van der Waals surface area contributed by atoms with Crippen molar-refractivity contribution in [3.05, 3.63) is 95.6 Å². The molecule has 11 heteroatoms. The summed E-state index contributed by atoms with van der Waals surface area (Å²) in [6, 6.07) is 21.9. The first kappa shape index (κ1) is 30.9. The Kier molecular flexibility index (Phi) is 8.24. The molecule has 6 rings (SSSR count). The molecule has 0 unspecified atom stereocenters. The summed E-state index contributed by atoms with van der Waals surface area (Å²) in [6.45, 7) is 2.30. The van der Waals surface area contributed by atoms with Crippen LogP contribution in [0.4, 0.5) is 32.2 Å². The van der Waals surface area contributed by atoms with Gasteiger partial charge in [0.15, 0.2) is 0 Å². The third-order valence-electron chi connectivity index (χ3n) is 8.88. The van der Waals surface area contributed by atoms with Crippen LogP contribution in [0.15, 0.2) is 78.9 Å². The topological polar surface area (TPSA) is 48.5 Å². The van der Waals surface area contributed by atoms with Gasteiger partial charge in [-0.05, 0) is 72.0 Å². The number of nitrogens with zero attached hydrogens (tertiary/aromatic N) is 3. The van der Waals surface area contributed by atoms with E-state index in [1.807, 2.05) is 48.5 Å². The van der Waals surface area contributed by atoms with Crippen LogP contribution in [-0.4, -0.2) is 61.2 Å². The van der Waals surface area contributed by atoms with Gasteiger partial charge in [-0.2, -0.15) is 26.3 Å². The van der Waals surface area contributed by atoms with Crippen molar-refractivity contribution in [2.24, 2.45) is 0 Å². The number of halogens is 6. The summed E-state index contributed by atoms with van der Waals surface area (Å²) in [4.78, 5) is 22.7. The van der Waals surface area contributed by atoms with Gasteiger partial charge in [0, 0.05) is 31.6 Å². The molecular formula is C34H32F6N4O. The number of fused-ring (bicyclic) bond motifs is 4. The molecule has 1 amide bonds. The fourth-order valence-electron chi connectivity index (χ4n) is 6.68. The molecule has 5 nitrogen and oxygen atoms in total. The number of anilines is 1. The minimum Gasteiger partial charge on any atom is -0.354 e. The van der Waals surface area contributed by atoms with Crippen molar-refractivity contribution in [1.29, 1.82) is 0 Å². The predicted octanol–water partition coefficient (Wildman–Crippen LogP) is 7.19. The van der Waals surface area contributed by atoms with Crippen molar-refractivity contribution in [2.75, 3.05) is 44.2 Å². The molecular weight excluding hydrogens is 594 g/mol. The van der Waals surface area contributed by atoms with Gasteiger partial charge in [0.05, 0.1) is 11.1 Å². The molecule has 45 heavy (non-hydrogen) atoms. The molecule has 2 heterocycles. The van der Waals surface area contributed by atoms with E-state index < -0.39 is 35.8 Å². The predicted molar refractivity (Wildman–Crippen MR) is 161 cm³/mol. The highest BCUT2D eigenvalue weighted by molar-refractivity contribution is 6.00. The van der Waals surface area contributed by atoms with Gasteiger partial charge in [0.25, 0.3) is 0 Å². The van der Waals surface area contributed by atoms with Gasteiger partial charge in [0.2, 0.25) is 5.91 Å². The third kappa shape index (κ3) is 6.22. The van der Waals surface area contributed by atoms with Crippen LogP contribution in [0.3, 0.4) is 0 Å². The van der Waals surface area contributed by atoms with E-state index in [9.17, 15) is 31.1 Å². The van der Waals surface area contributed by atoms with E-state index in [4.69, 9.17) is 0 Å². The molecule has 1 aromatic heterocycles. The molecule has 0 bridgehead atoms. The van der Waals surface area contributed by atoms with E-state index in [-0.39, 0.29) is 0 Å². The molecule has 236 valence electrons. The lowest BCUT2D eigenvalue weighted by molar-refractivity contribution is -0.141. The van der Waals surface area contributed by atoms with Crippen LogP contribution in [0.25, 0.3) is 22.0 Å². The van der Waals surface area contributed by atoms with Crippen LogP contribution in [0, 0.1) is 0 Å². The van der Waals surface area contributed by atoms with Crippen molar-refractivity contribution in [3.8, 4) is 11.1 Å². The smallest absolute Gasteiger partial charge is 0.354 e. The van der Waals surface area contributed by atoms with Crippen molar-refractivity contribution in [3.63, 3.8) is 0 Å². The van der Waals surface area contributed by atoms with Crippen LogP contribution in [-0.2, 0) is 16.4 Å². The monoisotopic (exact) mass is 626 g/mol. The molecule has 0 atom stereocenters. The lowest BCUT2D eigenvalue weighted by Gasteiger charge is -2.36. The van der Waals surface area contributed by atoms with Gasteiger partial charge in [-0.25, -0.2) is 4.98 Å². The number of amides is 1. The molecule has 1 fully saturated rings. The maximum absolute atomic E-state index is 13.7. The summed E-state index contributed by atoms with van der Waals surface area (Å²) >= 11 is 0. The van der Waals surface area contributed by atoms with Crippen molar-refractivity contribution in [2.45, 2.75) is 37.0 Å². The number of aromatic nitrogens is 1. The quantitative estimate of drug-likeness (QED) is 0.166. The molecule has 1 aliphatic carbocycles. The Bertz CT molecular complexity index is 1650. The first-order valence-electron chi connectivity index (χ1n) is 15.0. The van der Waals surface area contributed by atoms with E-state index >= 15 is 0 Å². The molecule has 1 N–H and O–H groups in total. The molecule has 1 aliphatic heterocycles. The number of carbonyl (C=O) groups excluding carboxylic acids is 1. The van der Waals surface area contributed by atoms with Crippen LogP contribution in [0.2, 0.25) is 0 Å². The van der Waals surface area contributed by atoms with Gasteiger partial charge >= 0.3 is 12.4 Å². The first-order valence-corrected chi connectivity index (χ1v) is 15.0. The van der Waals surface area contributed by atoms with Crippen LogP contribution in [0.5, 0.6) is 0 Å². The normalized spacial score (nSPS) is 16.4. The zero-order valence-corrected chi connectivity index (χ0v) is 24.4. The van der Waals surface area contributed by atoms with Crippen LogP contribution in [0.1, 0.15) is 36.0 Å². The summed E-state index contributed by atoms with van der Waals surface area (Å²) in [7, 11) is 0. The second-order valence-corrected chi connectivity index (χ2v) is 11.7.